The van der Waals surface area contributed by atoms with Gasteiger partial charge in [-0.3, -0.25) is 9.69 Å². The second-order valence-corrected chi connectivity index (χ2v) is 9.03. The molecule has 0 N–H and O–H groups in total. The number of esters is 1. The van der Waals surface area contributed by atoms with Gasteiger partial charge in [0.1, 0.15) is 11.5 Å². The second kappa shape index (κ2) is 10.2. The molecule has 0 bridgehead atoms. The van der Waals surface area contributed by atoms with E-state index >= 15 is 0 Å². The highest BCUT2D eigenvalue weighted by Gasteiger charge is 2.30. The van der Waals surface area contributed by atoms with Crippen LogP contribution in [-0.2, 0) is 9.53 Å². The van der Waals surface area contributed by atoms with Crippen LogP contribution in [0.3, 0.4) is 0 Å². The summed E-state index contributed by atoms with van der Waals surface area (Å²) in [5, 5.41) is 0. The van der Waals surface area contributed by atoms with Gasteiger partial charge in [-0.2, -0.15) is 0 Å². The lowest BCUT2D eigenvalue weighted by Crippen LogP contribution is -2.24. The molecule has 0 aliphatic carbocycles. The van der Waals surface area contributed by atoms with E-state index in [1.165, 1.54) is 0 Å². The molecule has 1 aliphatic rings. The van der Waals surface area contributed by atoms with Crippen LogP contribution in [0.5, 0.6) is 0 Å². The molecule has 5 rings (SSSR count). The zero-order valence-corrected chi connectivity index (χ0v) is 21.1. The van der Waals surface area contributed by atoms with Gasteiger partial charge in [-0.1, -0.05) is 58.4 Å². The van der Waals surface area contributed by atoms with Crippen molar-refractivity contribution in [2.75, 3.05) is 11.5 Å². The molecule has 4 aromatic rings. The smallest absolute Gasteiger partial charge is 0.338 e. The van der Waals surface area contributed by atoms with E-state index in [1.807, 2.05) is 84.9 Å². The normalized spacial score (nSPS) is 14.3. The fourth-order valence-electron chi connectivity index (χ4n) is 4.01. The van der Waals surface area contributed by atoms with Crippen molar-refractivity contribution in [3.05, 3.63) is 124 Å². The molecule has 0 spiro atoms. The summed E-state index contributed by atoms with van der Waals surface area (Å²) in [5.41, 5.74) is 4.36. The molecule has 0 saturated carbocycles. The van der Waals surface area contributed by atoms with Crippen molar-refractivity contribution in [3.63, 3.8) is 0 Å². The Labute approximate surface area is 217 Å². The first-order chi connectivity index (χ1) is 17.5. The van der Waals surface area contributed by atoms with Gasteiger partial charge in [-0.15, -0.1) is 0 Å². The monoisotopic (exact) mass is 539 g/mol. The first-order valence-corrected chi connectivity index (χ1v) is 12.3. The summed E-state index contributed by atoms with van der Waals surface area (Å²) >= 11 is 3.46. The molecular weight excluding hydrogens is 518 g/mol. The Morgan fingerprint density at radius 2 is 1.64 bits per heavy atom. The van der Waals surface area contributed by atoms with Gasteiger partial charge < -0.3 is 9.15 Å². The standard InChI is InChI=1S/C30H22BrNO4/c1-2-35-30(34)22-10-8-21(9-11-22)28-17-16-26(36-28)18-23-19-27(20-6-4-3-5-7-20)32(29(23)33)25-14-12-24(31)13-15-25/h3-19H,2H2,1H3/b23-18+. The van der Waals surface area contributed by atoms with Crippen LogP contribution in [0.2, 0.25) is 0 Å². The topological polar surface area (TPSA) is 59.8 Å². The average molecular weight is 540 g/mol. The molecule has 0 fully saturated rings. The number of benzene rings is 3. The minimum atomic E-state index is -0.356. The highest BCUT2D eigenvalue weighted by atomic mass is 79.9. The SMILES string of the molecule is CCOC(=O)c1ccc(-c2ccc(/C=C3\C=C(c4ccccc4)N(c4ccc(Br)cc4)C3=O)o2)cc1. The summed E-state index contributed by atoms with van der Waals surface area (Å²) in [4.78, 5) is 27.1. The molecule has 1 amide bonds. The molecule has 0 atom stereocenters. The van der Waals surface area contributed by atoms with Crippen molar-refractivity contribution in [2.24, 2.45) is 0 Å². The Morgan fingerprint density at radius 1 is 0.917 bits per heavy atom. The van der Waals surface area contributed by atoms with Crippen LogP contribution >= 0.6 is 15.9 Å². The Hall–Kier alpha value is -4.16. The van der Waals surface area contributed by atoms with Crippen LogP contribution in [0.1, 0.15) is 28.6 Å². The third kappa shape index (κ3) is 4.81. The third-order valence-electron chi connectivity index (χ3n) is 5.74. The van der Waals surface area contributed by atoms with Crippen LogP contribution < -0.4 is 4.90 Å². The van der Waals surface area contributed by atoms with Crippen molar-refractivity contribution in [1.29, 1.82) is 0 Å². The maximum Gasteiger partial charge on any atom is 0.338 e. The van der Waals surface area contributed by atoms with E-state index in [4.69, 9.17) is 9.15 Å². The van der Waals surface area contributed by atoms with Crippen LogP contribution in [0.4, 0.5) is 5.69 Å². The maximum atomic E-state index is 13.5. The molecule has 0 saturated heterocycles. The summed E-state index contributed by atoms with van der Waals surface area (Å²) in [6.45, 7) is 2.10. The highest BCUT2D eigenvalue weighted by Crippen LogP contribution is 2.36. The molecule has 178 valence electrons. The lowest BCUT2D eigenvalue weighted by Gasteiger charge is -2.20. The number of anilines is 1. The first kappa shape index (κ1) is 23.6. The van der Waals surface area contributed by atoms with Gasteiger partial charge in [0.05, 0.1) is 17.9 Å². The van der Waals surface area contributed by atoms with Crippen molar-refractivity contribution < 1.29 is 18.7 Å². The van der Waals surface area contributed by atoms with Gasteiger partial charge in [-0.25, -0.2) is 4.79 Å². The molecule has 1 aromatic heterocycles. The van der Waals surface area contributed by atoms with E-state index in [1.54, 1.807) is 30.0 Å². The van der Waals surface area contributed by atoms with Crippen LogP contribution in [0.15, 0.2) is 112 Å². The quantitative estimate of drug-likeness (QED) is 0.190. The Morgan fingerprint density at radius 3 is 2.33 bits per heavy atom. The van der Waals surface area contributed by atoms with Crippen molar-refractivity contribution in [2.45, 2.75) is 6.92 Å². The number of amides is 1. The molecule has 0 unspecified atom stereocenters. The Kier molecular flexibility index (Phi) is 6.69. The van der Waals surface area contributed by atoms with Crippen LogP contribution in [0, 0.1) is 0 Å². The predicted molar refractivity (Wildman–Crippen MR) is 144 cm³/mol. The van der Waals surface area contributed by atoms with Crippen molar-refractivity contribution in [1.82, 2.24) is 0 Å². The number of hydrogen-bond acceptors (Lipinski definition) is 4. The Bertz CT molecular complexity index is 1470. The molecule has 36 heavy (non-hydrogen) atoms. The lowest BCUT2D eigenvalue weighted by atomic mass is 10.1. The van der Waals surface area contributed by atoms with Gasteiger partial charge in [0.25, 0.3) is 5.91 Å². The van der Waals surface area contributed by atoms with Gasteiger partial charge in [0.15, 0.2) is 0 Å². The molecule has 1 aliphatic heterocycles. The highest BCUT2D eigenvalue weighted by molar-refractivity contribution is 9.10. The van der Waals surface area contributed by atoms with E-state index in [2.05, 4.69) is 15.9 Å². The molecule has 3 aromatic carbocycles. The minimum Gasteiger partial charge on any atom is -0.462 e. The molecule has 6 heteroatoms. The number of carbonyl (C=O) groups excluding carboxylic acids is 2. The number of hydrogen-bond donors (Lipinski definition) is 0. The predicted octanol–water partition coefficient (Wildman–Crippen LogP) is 7.36. The molecule has 2 heterocycles. The summed E-state index contributed by atoms with van der Waals surface area (Å²) < 4.78 is 12.0. The van der Waals surface area contributed by atoms with Gasteiger partial charge >= 0.3 is 5.97 Å². The van der Waals surface area contributed by atoms with Crippen molar-refractivity contribution in [3.8, 4) is 11.3 Å². The number of nitrogens with zero attached hydrogens (tertiary/aromatic N) is 1. The van der Waals surface area contributed by atoms with Crippen LogP contribution in [0.25, 0.3) is 23.1 Å². The summed E-state index contributed by atoms with van der Waals surface area (Å²) in [5.74, 6) is 0.710. The minimum absolute atomic E-state index is 0.132. The molecular formula is C30H22BrNO4. The first-order valence-electron chi connectivity index (χ1n) is 11.5. The van der Waals surface area contributed by atoms with E-state index in [9.17, 15) is 9.59 Å². The number of halogens is 1. The summed E-state index contributed by atoms with van der Waals surface area (Å²) in [6, 6.07) is 28.2. The fourth-order valence-corrected chi connectivity index (χ4v) is 4.27. The second-order valence-electron chi connectivity index (χ2n) is 8.11. The largest absolute Gasteiger partial charge is 0.462 e. The van der Waals surface area contributed by atoms with Crippen molar-refractivity contribution >= 4 is 45.3 Å². The van der Waals surface area contributed by atoms with E-state index in [0.29, 0.717) is 29.3 Å². The molecule has 5 nitrogen and oxygen atoms in total. The zero-order valence-electron chi connectivity index (χ0n) is 19.5. The van der Waals surface area contributed by atoms with E-state index in [0.717, 1.165) is 27.0 Å². The van der Waals surface area contributed by atoms with E-state index < -0.39 is 0 Å². The maximum absolute atomic E-state index is 13.5. The summed E-state index contributed by atoms with van der Waals surface area (Å²) in [7, 11) is 0. The third-order valence-corrected chi connectivity index (χ3v) is 6.27. The van der Waals surface area contributed by atoms with Crippen LogP contribution in [-0.4, -0.2) is 18.5 Å². The lowest BCUT2D eigenvalue weighted by molar-refractivity contribution is -0.113. The van der Waals surface area contributed by atoms with Gasteiger partial charge in [0.2, 0.25) is 0 Å². The molecule has 0 radical (unpaired) electrons. The van der Waals surface area contributed by atoms with Gasteiger partial charge in [-0.05, 0) is 73.2 Å². The zero-order chi connectivity index (χ0) is 25.1. The number of carbonyl (C=O) groups is 2. The van der Waals surface area contributed by atoms with Gasteiger partial charge in [0, 0.05) is 21.3 Å². The number of ether oxygens (including phenoxy) is 1. The number of rotatable bonds is 6. The number of furan rings is 1. The van der Waals surface area contributed by atoms with E-state index in [-0.39, 0.29) is 11.9 Å². The Balaban J connectivity index is 1.46. The fraction of sp³-hybridized carbons (Fsp3) is 0.0667. The average Bonchev–Trinajstić information content (AvgIpc) is 3.50. The summed E-state index contributed by atoms with van der Waals surface area (Å²) in [6.07, 6.45) is 3.64.